The fraction of sp³-hybridized carbons (Fsp3) is 0.440. The van der Waals surface area contributed by atoms with Crippen LogP contribution in [0.25, 0.3) is 0 Å². The lowest BCUT2D eigenvalue weighted by atomic mass is 9.80. The smallest absolute Gasteiger partial charge is 0.335 e. The van der Waals surface area contributed by atoms with E-state index >= 15 is 0 Å². The third-order valence-electron chi connectivity index (χ3n) is 6.64. The van der Waals surface area contributed by atoms with Gasteiger partial charge >= 0.3 is 5.97 Å². The highest BCUT2D eigenvalue weighted by Gasteiger charge is 2.28. The van der Waals surface area contributed by atoms with Crippen molar-refractivity contribution in [3.63, 3.8) is 0 Å². The van der Waals surface area contributed by atoms with Gasteiger partial charge in [-0.3, -0.25) is 4.79 Å². The molecule has 2 aliphatic rings. The topological polar surface area (TPSA) is 57.6 Å². The number of aromatic carboxylic acids is 1. The van der Waals surface area contributed by atoms with Gasteiger partial charge < -0.3 is 10.0 Å². The Bertz CT molecular complexity index is 883. The summed E-state index contributed by atoms with van der Waals surface area (Å²) in [4.78, 5) is 26.4. The van der Waals surface area contributed by atoms with Crippen LogP contribution < -0.4 is 0 Å². The lowest BCUT2D eigenvalue weighted by Gasteiger charge is -2.34. The van der Waals surface area contributed by atoms with Gasteiger partial charge in [0.15, 0.2) is 0 Å². The molecule has 152 valence electrons. The quantitative estimate of drug-likeness (QED) is 0.805. The van der Waals surface area contributed by atoms with Crippen LogP contribution in [0.1, 0.15) is 65.1 Å². The second-order valence-electron chi connectivity index (χ2n) is 8.48. The molecule has 1 N–H and O–H groups in total. The molecule has 4 rings (SSSR count). The summed E-state index contributed by atoms with van der Waals surface area (Å²) in [5, 5.41) is 9.38. The average Bonchev–Trinajstić information content (AvgIpc) is 2.75. The number of likely N-dealkylation sites (tertiary alicyclic amines) is 1. The molecule has 29 heavy (non-hydrogen) atoms. The summed E-state index contributed by atoms with van der Waals surface area (Å²) >= 11 is 0. The minimum atomic E-state index is -0.860. The first kappa shape index (κ1) is 19.7. The molecular weight excluding hydrogens is 362 g/mol. The summed E-state index contributed by atoms with van der Waals surface area (Å²) in [7, 11) is 0. The van der Waals surface area contributed by atoms with E-state index in [-0.39, 0.29) is 5.91 Å². The van der Waals surface area contributed by atoms with Crippen LogP contribution in [-0.4, -0.2) is 35.0 Å². The van der Waals surface area contributed by atoms with Gasteiger partial charge in [0.25, 0.3) is 0 Å². The number of nitrogens with zero attached hydrogens (tertiary/aromatic N) is 1. The molecule has 0 aromatic heterocycles. The van der Waals surface area contributed by atoms with Gasteiger partial charge in [0.2, 0.25) is 5.91 Å². The van der Waals surface area contributed by atoms with Crippen LogP contribution in [0.4, 0.5) is 0 Å². The van der Waals surface area contributed by atoms with Crippen LogP contribution in [-0.2, 0) is 17.6 Å². The standard InChI is InChI=1S/C25H29NO3/c27-24(17-21-9-5-8-19-6-1-3-10-22(19)21)26-14-12-18(13-15-26)16-20-7-2-4-11-23(20)25(28)29/h1-4,6-7,10-11,18,21H,5,8-9,12-17H2,(H,28,29). The molecule has 0 bridgehead atoms. The van der Waals surface area contributed by atoms with Crippen molar-refractivity contribution in [1.29, 1.82) is 0 Å². The normalized spacial score (nSPS) is 19.6. The Morgan fingerprint density at radius 1 is 0.966 bits per heavy atom. The van der Waals surface area contributed by atoms with Gasteiger partial charge in [-0.05, 0) is 73.1 Å². The second-order valence-corrected chi connectivity index (χ2v) is 8.48. The summed E-state index contributed by atoms with van der Waals surface area (Å²) in [5.41, 5.74) is 4.09. The number of aryl methyl sites for hydroxylation is 1. The monoisotopic (exact) mass is 391 g/mol. The number of carbonyl (C=O) groups excluding carboxylic acids is 1. The maximum atomic E-state index is 12.9. The zero-order valence-corrected chi connectivity index (χ0v) is 16.8. The van der Waals surface area contributed by atoms with Crippen molar-refractivity contribution < 1.29 is 14.7 Å². The highest BCUT2D eigenvalue weighted by Crippen LogP contribution is 2.34. The van der Waals surface area contributed by atoms with E-state index in [4.69, 9.17) is 0 Å². The van der Waals surface area contributed by atoms with E-state index in [9.17, 15) is 14.7 Å². The van der Waals surface area contributed by atoms with Gasteiger partial charge in [-0.1, -0.05) is 42.5 Å². The number of hydrogen-bond donors (Lipinski definition) is 1. The molecule has 1 heterocycles. The Morgan fingerprint density at radius 3 is 2.48 bits per heavy atom. The van der Waals surface area contributed by atoms with Crippen molar-refractivity contribution in [3.05, 3.63) is 70.8 Å². The van der Waals surface area contributed by atoms with Crippen LogP contribution in [0.15, 0.2) is 48.5 Å². The highest BCUT2D eigenvalue weighted by atomic mass is 16.4. The number of fused-ring (bicyclic) bond motifs is 1. The predicted octanol–water partition coefficient (Wildman–Crippen LogP) is 4.68. The van der Waals surface area contributed by atoms with Crippen LogP contribution in [0.5, 0.6) is 0 Å². The maximum absolute atomic E-state index is 12.9. The molecule has 4 nitrogen and oxygen atoms in total. The van der Waals surface area contributed by atoms with Crippen LogP contribution >= 0.6 is 0 Å². The zero-order chi connectivity index (χ0) is 20.2. The van der Waals surface area contributed by atoms with Crippen molar-refractivity contribution in [1.82, 2.24) is 4.90 Å². The molecule has 0 radical (unpaired) electrons. The summed E-state index contributed by atoms with van der Waals surface area (Å²) in [5.74, 6) is 0.208. The molecule has 1 aliphatic heterocycles. The van der Waals surface area contributed by atoms with E-state index in [1.807, 2.05) is 17.0 Å². The number of carboxylic acid groups (broad SMARTS) is 1. The fourth-order valence-electron chi connectivity index (χ4n) is 5.01. The fourth-order valence-corrected chi connectivity index (χ4v) is 5.01. The molecule has 2 aromatic rings. The summed E-state index contributed by atoms with van der Waals surface area (Å²) in [6.07, 6.45) is 6.68. The van der Waals surface area contributed by atoms with E-state index in [2.05, 4.69) is 24.3 Å². The largest absolute Gasteiger partial charge is 0.478 e. The van der Waals surface area contributed by atoms with Crippen LogP contribution in [0.2, 0.25) is 0 Å². The first-order chi connectivity index (χ1) is 14.1. The van der Waals surface area contributed by atoms with Gasteiger partial charge in [-0.15, -0.1) is 0 Å². The molecule has 1 fully saturated rings. The Labute approximate surface area is 172 Å². The number of piperidine rings is 1. The Morgan fingerprint density at radius 2 is 1.69 bits per heavy atom. The SMILES string of the molecule is O=C(O)c1ccccc1CC1CCN(C(=O)CC2CCCc3ccccc32)CC1. The molecule has 1 atom stereocenters. The molecule has 0 spiro atoms. The highest BCUT2D eigenvalue weighted by molar-refractivity contribution is 5.89. The Balaban J connectivity index is 1.32. The first-order valence-corrected chi connectivity index (χ1v) is 10.8. The lowest BCUT2D eigenvalue weighted by molar-refractivity contribution is -0.133. The third kappa shape index (κ3) is 4.52. The predicted molar refractivity (Wildman–Crippen MR) is 113 cm³/mol. The van der Waals surface area contributed by atoms with Gasteiger partial charge in [0.05, 0.1) is 5.56 Å². The number of hydrogen-bond acceptors (Lipinski definition) is 2. The Hall–Kier alpha value is -2.62. The van der Waals surface area contributed by atoms with Crippen molar-refractivity contribution in [2.24, 2.45) is 5.92 Å². The van der Waals surface area contributed by atoms with Crippen LogP contribution in [0.3, 0.4) is 0 Å². The number of rotatable bonds is 5. The third-order valence-corrected chi connectivity index (χ3v) is 6.64. The second kappa shape index (κ2) is 8.81. The van der Waals surface area contributed by atoms with Gasteiger partial charge in [0, 0.05) is 19.5 Å². The van der Waals surface area contributed by atoms with Crippen molar-refractivity contribution in [3.8, 4) is 0 Å². The number of carbonyl (C=O) groups is 2. The van der Waals surface area contributed by atoms with Crippen molar-refractivity contribution in [2.45, 2.75) is 50.9 Å². The van der Waals surface area contributed by atoms with Crippen molar-refractivity contribution >= 4 is 11.9 Å². The van der Waals surface area contributed by atoms with Gasteiger partial charge in [-0.25, -0.2) is 4.79 Å². The zero-order valence-electron chi connectivity index (χ0n) is 16.8. The van der Waals surface area contributed by atoms with E-state index < -0.39 is 5.97 Å². The summed E-state index contributed by atoms with van der Waals surface area (Å²) < 4.78 is 0. The van der Waals surface area contributed by atoms with Crippen LogP contribution in [0, 0.1) is 5.92 Å². The molecule has 1 amide bonds. The first-order valence-electron chi connectivity index (χ1n) is 10.8. The molecule has 2 aromatic carbocycles. The minimum absolute atomic E-state index is 0.274. The molecule has 1 saturated heterocycles. The molecule has 4 heteroatoms. The molecule has 1 aliphatic carbocycles. The van der Waals surface area contributed by atoms with E-state index in [1.54, 1.807) is 12.1 Å². The van der Waals surface area contributed by atoms with E-state index in [0.717, 1.165) is 50.8 Å². The summed E-state index contributed by atoms with van der Waals surface area (Å²) in [6, 6.07) is 15.9. The number of benzene rings is 2. The van der Waals surface area contributed by atoms with Gasteiger partial charge in [-0.2, -0.15) is 0 Å². The maximum Gasteiger partial charge on any atom is 0.335 e. The summed E-state index contributed by atoms with van der Waals surface area (Å²) in [6.45, 7) is 1.57. The molecule has 0 saturated carbocycles. The molecular formula is C25H29NO3. The van der Waals surface area contributed by atoms with E-state index in [0.29, 0.717) is 23.8 Å². The van der Waals surface area contributed by atoms with Crippen molar-refractivity contribution in [2.75, 3.05) is 13.1 Å². The Kier molecular flexibility index (Phi) is 5.98. The minimum Gasteiger partial charge on any atom is -0.478 e. The lowest BCUT2D eigenvalue weighted by Crippen LogP contribution is -2.39. The number of carboxylic acids is 1. The molecule has 1 unspecified atom stereocenters. The van der Waals surface area contributed by atoms with Gasteiger partial charge in [0.1, 0.15) is 0 Å². The average molecular weight is 392 g/mol. The van der Waals surface area contributed by atoms with E-state index in [1.165, 1.54) is 17.5 Å². The number of amides is 1.